The Morgan fingerprint density at radius 3 is 2.00 bits per heavy atom. The predicted molar refractivity (Wildman–Crippen MR) is 49.1 cm³/mol. The lowest BCUT2D eigenvalue weighted by Crippen LogP contribution is -2.29. The van der Waals surface area contributed by atoms with Gasteiger partial charge in [-0.2, -0.15) is 10.5 Å². The van der Waals surface area contributed by atoms with Gasteiger partial charge < -0.3 is 0 Å². The molecule has 0 spiro atoms. The molecule has 1 fully saturated rings. The second kappa shape index (κ2) is 3.97. The lowest BCUT2D eigenvalue weighted by molar-refractivity contribution is 0.238. The molecule has 0 bridgehead atoms. The van der Waals surface area contributed by atoms with E-state index in [4.69, 9.17) is 16.9 Å². The van der Waals surface area contributed by atoms with Gasteiger partial charge in [0.15, 0.2) is 0 Å². The van der Waals surface area contributed by atoms with Gasteiger partial charge in [-0.15, -0.1) is 6.42 Å². The summed E-state index contributed by atoms with van der Waals surface area (Å²) in [6.45, 7) is 0. The average Bonchev–Trinajstić information content (AvgIpc) is 2.21. The van der Waals surface area contributed by atoms with Gasteiger partial charge in [0.25, 0.3) is 0 Å². The van der Waals surface area contributed by atoms with Gasteiger partial charge in [0.05, 0.1) is 17.6 Å². The molecule has 0 N–H and O–H groups in total. The van der Waals surface area contributed by atoms with Crippen LogP contribution in [0, 0.1) is 46.3 Å². The second-order valence-electron chi connectivity index (χ2n) is 3.55. The monoisotopic (exact) mass is 172 g/mol. The van der Waals surface area contributed by atoms with Crippen molar-refractivity contribution in [3.05, 3.63) is 0 Å². The maximum atomic E-state index is 8.81. The fraction of sp³-hybridized carbons (Fsp3) is 0.636. The fourth-order valence-corrected chi connectivity index (χ4v) is 1.98. The van der Waals surface area contributed by atoms with Crippen molar-refractivity contribution < 1.29 is 0 Å². The maximum absolute atomic E-state index is 8.81. The number of hydrogen-bond donors (Lipinski definition) is 0. The summed E-state index contributed by atoms with van der Waals surface area (Å²) in [6.07, 6.45) is 10.4. The summed E-state index contributed by atoms with van der Waals surface area (Å²) in [6, 6.07) is 4.02. The summed E-state index contributed by atoms with van der Waals surface area (Å²) in [7, 11) is 0. The zero-order valence-corrected chi connectivity index (χ0v) is 7.58. The van der Waals surface area contributed by atoms with Crippen molar-refractivity contribution in [1.29, 1.82) is 10.5 Å². The second-order valence-corrected chi connectivity index (χ2v) is 3.55. The van der Waals surface area contributed by atoms with Crippen molar-refractivity contribution in [3.63, 3.8) is 0 Å². The van der Waals surface area contributed by atoms with Gasteiger partial charge in [-0.1, -0.05) is 25.2 Å². The summed E-state index contributed by atoms with van der Waals surface area (Å²) in [5.41, 5.74) is -0.457. The summed E-state index contributed by atoms with van der Waals surface area (Å²) in [5.74, 6) is 2.05. The van der Waals surface area contributed by atoms with Crippen LogP contribution in [-0.4, -0.2) is 0 Å². The van der Waals surface area contributed by atoms with Crippen molar-refractivity contribution in [2.45, 2.75) is 32.1 Å². The standard InChI is InChI=1S/C11H12N2/c1-2-11(10(8-12)9-13)6-4-3-5-7-11/h1,10H,3-7H2. The minimum Gasteiger partial charge on any atom is -0.197 e. The minimum absolute atomic E-state index is 0.457. The Hall–Kier alpha value is -1.46. The number of terminal acetylenes is 1. The van der Waals surface area contributed by atoms with Crippen LogP contribution < -0.4 is 0 Å². The van der Waals surface area contributed by atoms with E-state index in [-0.39, 0.29) is 0 Å². The Morgan fingerprint density at radius 1 is 1.08 bits per heavy atom. The third kappa shape index (κ3) is 1.66. The van der Waals surface area contributed by atoms with Crippen LogP contribution in [0.2, 0.25) is 0 Å². The smallest absolute Gasteiger partial charge is 0.149 e. The summed E-state index contributed by atoms with van der Waals surface area (Å²) >= 11 is 0. The molecule has 2 nitrogen and oxygen atoms in total. The molecule has 0 aromatic rings. The van der Waals surface area contributed by atoms with Crippen LogP contribution in [0.25, 0.3) is 0 Å². The van der Waals surface area contributed by atoms with Gasteiger partial charge in [0.2, 0.25) is 0 Å². The molecule has 0 amide bonds. The lowest BCUT2D eigenvalue weighted by Gasteiger charge is -2.32. The van der Waals surface area contributed by atoms with Crippen molar-refractivity contribution >= 4 is 0 Å². The van der Waals surface area contributed by atoms with Crippen LogP contribution in [0.1, 0.15) is 32.1 Å². The molecule has 0 aliphatic heterocycles. The SMILES string of the molecule is C#CC1(C(C#N)C#N)CCCCC1. The molecule has 1 rings (SSSR count). The van der Waals surface area contributed by atoms with E-state index in [9.17, 15) is 0 Å². The Labute approximate surface area is 79.2 Å². The predicted octanol–water partition coefficient (Wildman–Crippen LogP) is 2.23. The van der Waals surface area contributed by atoms with Crippen LogP contribution in [0.4, 0.5) is 0 Å². The fourth-order valence-electron chi connectivity index (χ4n) is 1.98. The third-order valence-corrected chi connectivity index (χ3v) is 2.84. The number of nitrogens with zero attached hydrogens (tertiary/aromatic N) is 2. The van der Waals surface area contributed by atoms with E-state index in [1.54, 1.807) is 0 Å². The maximum Gasteiger partial charge on any atom is 0.149 e. The molecule has 0 radical (unpaired) electrons. The van der Waals surface area contributed by atoms with Crippen molar-refractivity contribution in [3.8, 4) is 24.5 Å². The third-order valence-electron chi connectivity index (χ3n) is 2.84. The highest BCUT2D eigenvalue weighted by molar-refractivity contribution is 5.20. The van der Waals surface area contributed by atoms with Crippen LogP contribution in [0.15, 0.2) is 0 Å². The Kier molecular flexibility index (Phi) is 2.94. The summed E-state index contributed by atoms with van der Waals surface area (Å²) in [5, 5.41) is 17.6. The molecule has 0 aromatic heterocycles. The molecule has 1 aliphatic rings. The largest absolute Gasteiger partial charge is 0.197 e. The van der Waals surface area contributed by atoms with Crippen LogP contribution in [-0.2, 0) is 0 Å². The Morgan fingerprint density at radius 2 is 1.62 bits per heavy atom. The molecule has 0 aromatic carbocycles. The average molecular weight is 172 g/mol. The van der Waals surface area contributed by atoms with Crippen molar-refractivity contribution in [2.75, 3.05) is 0 Å². The van der Waals surface area contributed by atoms with E-state index >= 15 is 0 Å². The Bertz CT molecular complexity index is 278. The summed E-state index contributed by atoms with van der Waals surface area (Å²) in [4.78, 5) is 0. The molecule has 0 unspecified atom stereocenters. The van der Waals surface area contributed by atoms with E-state index in [2.05, 4.69) is 5.92 Å². The molecule has 1 saturated carbocycles. The molecular weight excluding hydrogens is 160 g/mol. The van der Waals surface area contributed by atoms with E-state index in [0.717, 1.165) is 25.7 Å². The van der Waals surface area contributed by atoms with Gasteiger partial charge in [0.1, 0.15) is 5.92 Å². The van der Waals surface area contributed by atoms with Crippen LogP contribution in [0.3, 0.4) is 0 Å². The molecule has 1 aliphatic carbocycles. The van der Waals surface area contributed by atoms with Gasteiger partial charge in [0, 0.05) is 0 Å². The number of hydrogen-bond acceptors (Lipinski definition) is 2. The lowest BCUT2D eigenvalue weighted by atomic mass is 9.67. The van der Waals surface area contributed by atoms with Crippen LogP contribution in [0.5, 0.6) is 0 Å². The zero-order valence-electron chi connectivity index (χ0n) is 7.58. The van der Waals surface area contributed by atoms with E-state index in [1.807, 2.05) is 12.1 Å². The summed E-state index contributed by atoms with van der Waals surface area (Å²) < 4.78 is 0. The molecule has 13 heavy (non-hydrogen) atoms. The molecule has 0 saturated heterocycles. The van der Waals surface area contributed by atoms with Gasteiger partial charge in [-0.3, -0.25) is 0 Å². The highest BCUT2D eigenvalue weighted by Crippen LogP contribution is 2.41. The first-order valence-corrected chi connectivity index (χ1v) is 4.56. The highest BCUT2D eigenvalue weighted by Gasteiger charge is 2.38. The van der Waals surface area contributed by atoms with Crippen molar-refractivity contribution in [1.82, 2.24) is 0 Å². The molecule has 2 heteroatoms. The Balaban J connectivity index is 2.88. The molecule has 66 valence electrons. The van der Waals surface area contributed by atoms with Gasteiger partial charge >= 0.3 is 0 Å². The first-order valence-electron chi connectivity index (χ1n) is 4.56. The van der Waals surface area contributed by atoms with E-state index in [0.29, 0.717) is 0 Å². The molecular formula is C11H12N2. The quantitative estimate of drug-likeness (QED) is 0.569. The first-order chi connectivity index (χ1) is 6.29. The highest BCUT2D eigenvalue weighted by atomic mass is 14.4. The molecule has 0 atom stereocenters. The minimum atomic E-state index is -0.627. The number of rotatable bonds is 1. The van der Waals surface area contributed by atoms with Gasteiger partial charge in [-0.05, 0) is 12.8 Å². The van der Waals surface area contributed by atoms with E-state index < -0.39 is 11.3 Å². The first kappa shape index (κ1) is 9.63. The van der Waals surface area contributed by atoms with Crippen molar-refractivity contribution in [2.24, 2.45) is 11.3 Å². The zero-order chi connectivity index (χ0) is 9.73. The topological polar surface area (TPSA) is 47.6 Å². The number of nitriles is 2. The van der Waals surface area contributed by atoms with Gasteiger partial charge in [-0.25, -0.2) is 0 Å². The van der Waals surface area contributed by atoms with Crippen LogP contribution >= 0.6 is 0 Å². The van der Waals surface area contributed by atoms with E-state index in [1.165, 1.54) is 6.42 Å². The normalized spacial score (nSPS) is 19.8. The molecule has 0 heterocycles.